The normalized spacial score (nSPS) is 21.0. The number of halogens is 3. The molecule has 4 nitrogen and oxygen atoms in total. The fourth-order valence-corrected chi connectivity index (χ4v) is 3.00. The Hall–Kier alpha value is -1.04. The molecule has 2 aliphatic rings. The van der Waals surface area contributed by atoms with E-state index in [0.29, 0.717) is 31.9 Å². The highest BCUT2D eigenvalue weighted by atomic mass is 35.5. The van der Waals surface area contributed by atoms with Crippen LogP contribution < -0.4 is 10.2 Å². The third-order valence-corrected chi connectivity index (χ3v) is 4.19. The van der Waals surface area contributed by atoms with Crippen LogP contribution in [0.5, 0.6) is 0 Å². The van der Waals surface area contributed by atoms with Crippen molar-refractivity contribution >= 4 is 36.4 Å². The van der Waals surface area contributed by atoms with Gasteiger partial charge < -0.3 is 15.1 Å². The Morgan fingerprint density at radius 1 is 1.14 bits per heavy atom. The summed E-state index contributed by atoms with van der Waals surface area (Å²) in [4.78, 5) is 16.2. The van der Waals surface area contributed by atoms with Gasteiger partial charge in [0.1, 0.15) is 5.82 Å². The summed E-state index contributed by atoms with van der Waals surface area (Å²) in [5.41, 5.74) is 0.641. The summed E-state index contributed by atoms with van der Waals surface area (Å²) in [7, 11) is 0. The summed E-state index contributed by atoms with van der Waals surface area (Å²) in [6.45, 7) is 4.50. The number of amides is 1. The van der Waals surface area contributed by atoms with Gasteiger partial charge in [-0.2, -0.15) is 0 Å². The van der Waals surface area contributed by atoms with Crippen molar-refractivity contribution in [3.8, 4) is 0 Å². The smallest absolute Gasteiger partial charge is 0.227 e. The summed E-state index contributed by atoms with van der Waals surface area (Å²) < 4.78 is 13.7. The number of rotatable bonds is 2. The van der Waals surface area contributed by atoms with Gasteiger partial charge in [-0.15, -0.1) is 24.8 Å². The number of hydrogen-bond acceptors (Lipinski definition) is 3. The standard InChI is InChI=1S/C15H20FN3O.2ClH/c16-13-3-1-2-4-14(13)18-7-9-19(10-8-18)15(20)12-5-6-17-11-12;;/h1-4,12,17H,5-11H2;2*1H. The van der Waals surface area contributed by atoms with Gasteiger partial charge >= 0.3 is 0 Å². The van der Waals surface area contributed by atoms with Crippen LogP contribution in [0.1, 0.15) is 6.42 Å². The van der Waals surface area contributed by atoms with E-state index in [1.807, 2.05) is 15.9 Å². The number of carbonyl (C=O) groups is 1. The van der Waals surface area contributed by atoms with Crippen molar-refractivity contribution in [2.24, 2.45) is 5.92 Å². The molecule has 124 valence electrons. The predicted molar refractivity (Wildman–Crippen MR) is 90.7 cm³/mol. The van der Waals surface area contributed by atoms with E-state index in [2.05, 4.69) is 5.32 Å². The maximum Gasteiger partial charge on any atom is 0.227 e. The second kappa shape index (κ2) is 8.56. The molecule has 3 rings (SSSR count). The molecule has 0 bridgehead atoms. The first-order chi connectivity index (χ1) is 9.75. The first-order valence-corrected chi connectivity index (χ1v) is 7.24. The molecule has 2 saturated heterocycles. The van der Waals surface area contributed by atoms with Gasteiger partial charge in [0.25, 0.3) is 0 Å². The van der Waals surface area contributed by atoms with E-state index in [9.17, 15) is 9.18 Å². The first-order valence-electron chi connectivity index (χ1n) is 7.24. The van der Waals surface area contributed by atoms with Gasteiger partial charge in [0.2, 0.25) is 5.91 Å². The van der Waals surface area contributed by atoms with Crippen molar-refractivity contribution in [1.29, 1.82) is 0 Å². The maximum absolute atomic E-state index is 13.7. The predicted octanol–water partition coefficient (Wildman–Crippen LogP) is 1.93. The summed E-state index contributed by atoms with van der Waals surface area (Å²) in [6.07, 6.45) is 0.937. The molecule has 1 amide bonds. The lowest BCUT2D eigenvalue weighted by Crippen LogP contribution is -2.50. The molecule has 1 unspecified atom stereocenters. The average Bonchev–Trinajstić information content (AvgIpc) is 3.01. The number of piperazine rings is 1. The molecule has 1 aromatic carbocycles. The Kier molecular flexibility index (Phi) is 7.39. The Balaban J connectivity index is 0.00000121. The minimum Gasteiger partial charge on any atom is -0.366 e. The van der Waals surface area contributed by atoms with Gasteiger partial charge in [0.15, 0.2) is 0 Å². The molecule has 0 aromatic heterocycles. The molecular weight excluding hydrogens is 328 g/mol. The molecule has 22 heavy (non-hydrogen) atoms. The van der Waals surface area contributed by atoms with Crippen LogP contribution in [0, 0.1) is 11.7 Å². The number of anilines is 1. The number of para-hydroxylation sites is 1. The molecule has 2 aliphatic heterocycles. The molecule has 0 radical (unpaired) electrons. The van der Waals surface area contributed by atoms with Crippen molar-refractivity contribution in [3.05, 3.63) is 30.1 Å². The topological polar surface area (TPSA) is 35.6 Å². The minimum absolute atomic E-state index is 0. The van der Waals surface area contributed by atoms with Crippen LogP contribution in [0.3, 0.4) is 0 Å². The average molecular weight is 350 g/mol. The highest BCUT2D eigenvalue weighted by molar-refractivity contribution is 5.85. The Morgan fingerprint density at radius 2 is 1.82 bits per heavy atom. The third kappa shape index (κ3) is 4.03. The van der Waals surface area contributed by atoms with Crippen molar-refractivity contribution in [3.63, 3.8) is 0 Å². The fraction of sp³-hybridized carbons (Fsp3) is 0.533. The maximum atomic E-state index is 13.7. The Bertz CT molecular complexity index is 489. The number of nitrogens with one attached hydrogen (secondary N) is 1. The van der Waals surface area contributed by atoms with E-state index in [-0.39, 0.29) is 42.5 Å². The Labute approximate surface area is 142 Å². The molecule has 0 aliphatic carbocycles. The van der Waals surface area contributed by atoms with Crippen LogP contribution in [0.2, 0.25) is 0 Å². The summed E-state index contributed by atoms with van der Waals surface area (Å²) in [6, 6.07) is 6.83. The number of nitrogens with zero attached hydrogens (tertiary/aromatic N) is 2. The molecule has 1 atom stereocenters. The molecule has 2 heterocycles. The van der Waals surface area contributed by atoms with Gasteiger partial charge in [0, 0.05) is 32.7 Å². The molecule has 0 saturated carbocycles. The van der Waals surface area contributed by atoms with Crippen molar-refractivity contribution in [2.75, 3.05) is 44.2 Å². The van der Waals surface area contributed by atoms with E-state index in [1.165, 1.54) is 6.07 Å². The summed E-state index contributed by atoms with van der Waals surface area (Å²) in [5, 5.41) is 3.23. The molecule has 0 spiro atoms. The highest BCUT2D eigenvalue weighted by Crippen LogP contribution is 2.21. The van der Waals surface area contributed by atoms with Gasteiger partial charge in [-0.1, -0.05) is 12.1 Å². The van der Waals surface area contributed by atoms with Crippen molar-refractivity contribution in [1.82, 2.24) is 10.2 Å². The van der Waals surface area contributed by atoms with Crippen LogP contribution >= 0.6 is 24.8 Å². The molecular formula is C15H22Cl2FN3O. The number of hydrogen-bond donors (Lipinski definition) is 1. The van der Waals surface area contributed by atoms with Crippen LogP contribution in [-0.4, -0.2) is 50.1 Å². The number of carbonyl (C=O) groups excluding carboxylic acids is 1. The second-order valence-corrected chi connectivity index (χ2v) is 5.45. The zero-order valence-electron chi connectivity index (χ0n) is 12.3. The van der Waals surface area contributed by atoms with E-state index < -0.39 is 0 Å². The summed E-state index contributed by atoms with van der Waals surface area (Å²) in [5.74, 6) is 0.200. The molecule has 7 heteroatoms. The second-order valence-electron chi connectivity index (χ2n) is 5.45. The SMILES string of the molecule is Cl.Cl.O=C(C1CCNC1)N1CCN(c2ccccc2F)CC1. The molecule has 1 aromatic rings. The Morgan fingerprint density at radius 3 is 2.41 bits per heavy atom. The summed E-state index contributed by atoms with van der Waals surface area (Å²) >= 11 is 0. The zero-order chi connectivity index (χ0) is 13.9. The van der Waals surface area contributed by atoms with E-state index >= 15 is 0 Å². The van der Waals surface area contributed by atoms with Crippen molar-refractivity contribution in [2.45, 2.75) is 6.42 Å². The molecule has 1 N–H and O–H groups in total. The van der Waals surface area contributed by atoms with Gasteiger partial charge in [0.05, 0.1) is 11.6 Å². The first kappa shape index (κ1) is 19.0. The lowest BCUT2D eigenvalue weighted by atomic mass is 10.1. The lowest BCUT2D eigenvalue weighted by molar-refractivity contribution is -0.135. The minimum atomic E-state index is -0.188. The van der Waals surface area contributed by atoms with Gasteiger partial charge in [-0.05, 0) is 25.1 Å². The van der Waals surface area contributed by atoms with Crippen LogP contribution in [0.4, 0.5) is 10.1 Å². The van der Waals surface area contributed by atoms with E-state index in [4.69, 9.17) is 0 Å². The zero-order valence-corrected chi connectivity index (χ0v) is 14.0. The van der Waals surface area contributed by atoms with Crippen molar-refractivity contribution < 1.29 is 9.18 Å². The van der Waals surface area contributed by atoms with Crippen LogP contribution in [0.15, 0.2) is 24.3 Å². The quantitative estimate of drug-likeness (QED) is 0.885. The molecule has 2 fully saturated rings. The van der Waals surface area contributed by atoms with E-state index in [0.717, 1.165) is 19.5 Å². The largest absolute Gasteiger partial charge is 0.366 e. The lowest BCUT2D eigenvalue weighted by Gasteiger charge is -2.37. The van der Waals surface area contributed by atoms with Crippen LogP contribution in [0.25, 0.3) is 0 Å². The van der Waals surface area contributed by atoms with Crippen LogP contribution in [-0.2, 0) is 4.79 Å². The number of benzene rings is 1. The highest BCUT2D eigenvalue weighted by Gasteiger charge is 2.29. The van der Waals surface area contributed by atoms with Gasteiger partial charge in [-0.3, -0.25) is 4.79 Å². The monoisotopic (exact) mass is 349 g/mol. The fourth-order valence-electron chi connectivity index (χ4n) is 3.00. The third-order valence-electron chi connectivity index (χ3n) is 4.19. The van der Waals surface area contributed by atoms with Gasteiger partial charge in [-0.25, -0.2) is 4.39 Å². The van der Waals surface area contributed by atoms with E-state index in [1.54, 1.807) is 12.1 Å².